The number of hydrogen-bond donors (Lipinski definition) is 2. The fourth-order valence-corrected chi connectivity index (χ4v) is 4.37. The number of amides is 1. The van der Waals surface area contributed by atoms with Gasteiger partial charge in [0.15, 0.2) is 5.02 Å². The van der Waals surface area contributed by atoms with E-state index < -0.39 is 22.8 Å². The smallest absolute Gasteiger partial charge is 0.276 e. The largest absolute Gasteiger partial charge is 0.471 e. The molecule has 0 radical (unpaired) electrons. The van der Waals surface area contributed by atoms with Gasteiger partial charge < -0.3 is 19.8 Å². The normalized spacial score (nSPS) is 13.1. The van der Waals surface area contributed by atoms with E-state index in [0.717, 1.165) is 23.4 Å². The van der Waals surface area contributed by atoms with E-state index in [9.17, 15) is 28.6 Å². The van der Waals surface area contributed by atoms with Crippen molar-refractivity contribution in [3.8, 4) is 5.88 Å². The Hall–Kier alpha value is -3.54. The molecule has 0 atom stereocenters. The molecule has 3 aromatic rings. The highest BCUT2D eigenvalue weighted by Crippen LogP contribution is 2.38. The maximum Gasteiger partial charge on any atom is 0.276 e. The van der Waals surface area contributed by atoms with E-state index in [2.05, 4.69) is 4.98 Å². The van der Waals surface area contributed by atoms with Crippen LogP contribution in [0.15, 0.2) is 47.5 Å². The summed E-state index contributed by atoms with van der Waals surface area (Å²) in [7, 11) is 0. The molecule has 2 N–H and O–H groups in total. The lowest BCUT2D eigenvalue weighted by Gasteiger charge is -2.24. The van der Waals surface area contributed by atoms with Crippen molar-refractivity contribution in [3.63, 3.8) is 0 Å². The molecular weight excluding hydrogens is 534 g/mol. The Balaban J connectivity index is 1.54. The van der Waals surface area contributed by atoms with Gasteiger partial charge in [0.2, 0.25) is 11.8 Å². The number of fused-ring (bicyclic) bond motifs is 1. The van der Waals surface area contributed by atoms with Crippen LogP contribution in [-0.4, -0.2) is 51.1 Å². The average Bonchev–Trinajstić information content (AvgIpc) is 3.24. The molecule has 0 unspecified atom stereocenters. The molecule has 0 aliphatic carbocycles. The zero-order chi connectivity index (χ0) is 28.3. The molecule has 1 aliphatic rings. The molecule has 2 aromatic carbocycles. The van der Waals surface area contributed by atoms with Crippen LogP contribution in [0.4, 0.5) is 20.2 Å². The highest BCUT2D eigenvalue weighted by Gasteiger charge is 2.31. The van der Waals surface area contributed by atoms with Gasteiger partial charge in [0.1, 0.15) is 24.6 Å². The number of hydrogen-bond acceptors (Lipinski definition) is 7. The van der Waals surface area contributed by atoms with Gasteiger partial charge in [-0.1, -0.05) is 17.7 Å². The van der Waals surface area contributed by atoms with E-state index in [-0.39, 0.29) is 55.2 Å². The number of nitrogens with zero attached hydrogens (tertiary/aromatic N) is 4. The van der Waals surface area contributed by atoms with Gasteiger partial charge in [-0.3, -0.25) is 19.1 Å². The zero-order valence-electron chi connectivity index (χ0n) is 21.5. The van der Waals surface area contributed by atoms with Crippen molar-refractivity contribution in [3.05, 3.63) is 80.9 Å². The molecule has 1 aromatic heterocycles. The number of ether oxygens (including phenoxy) is 1. The molecule has 1 amide bonds. The Morgan fingerprint density at radius 3 is 2.64 bits per heavy atom. The third kappa shape index (κ3) is 6.73. The zero-order valence-corrected chi connectivity index (χ0v) is 22.3. The summed E-state index contributed by atoms with van der Waals surface area (Å²) in [6, 6.07) is 8.47. The van der Waals surface area contributed by atoms with Crippen molar-refractivity contribution in [2.45, 2.75) is 45.4 Å². The van der Waals surface area contributed by atoms with Crippen LogP contribution in [0, 0.1) is 11.6 Å². The molecule has 12 heteroatoms. The molecule has 208 valence electrons. The molecular formula is C27H29ClF2N4O5. The summed E-state index contributed by atoms with van der Waals surface area (Å²) < 4.78 is 33.7. The van der Waals surface area contributed by atoms with Crippen LogP contribution in [-0.2, 0) is 17.9 Å². The van der Waals surface area contributed by atoms with Gasteiger partial charge in [-0.05, 0) is 50.1 Å². The second-order valence-corrected chi connectivity index (χ2v) is 10.3. The van der Waals surface area contributed by atoms with Crippen LogP contribution in [0.25, 0.3) is 0 Å². The minimum absolute atomic E-state index is 0.0116. The summed E-state index contributed by atoms with van der Waals surface area (Å²) >= 11 is 6.21. The van der Waals surface area contributed by atoms with Gasteiger partial charge in [0.05, 0.1) is 43.2 Å². The average molecular weight is 563 g/mol. The SMILES string of the molecule is CC(C)(O)CCN1CN(C(=O)CCO)c2ccc(Cn3cnc(OCc4ccc(F)cc4F)c(Cl)c3=O)cc21. The minimum Gasteiger partial charge on any atom is -0.471 e. The first-order chi connectivity index (χ1) is 18.5. The van der Waals surface area contributed by atoms with Crippen molar-refractivity contribution in [2.75, 3.05) is 29.6 Å². The van der Waals surface area contributed by atoms with Crippen LogP contribution < -0.4 is 20.1 Å². The lowest BCUT2D eigenvalue weighted by Crippen LogP contribution is -2.37. The van der Waals surface area contributed by atoms with Crippen molar-refractivity contribution in [2.24, 2.45) is 0 Å². The van der Waals surface area contributed by atoms with E-state index in [1.807, 2.05) is 11.0 Å². The van der Waals surface area contributed by atoms with E-state index in [4.69, 9.17) is 16.3 Å². The molecule has 9 nitrogen and oxygen atoms in total. The molecule has 0 saturated carbocycles. The number of aliphatic hydroxyl groups excluding tert-OH is 1. The third-order valence-electron chi connectivity index (χ3n) is 6.29. The third-order valence-corrected chi connectivity index (χ3v) is 6.61. The van der Waals surface area contributed by atoms with Crippen molar-refractivity contribution < 1.29 is 28.5 Å². The summed E-state index contributed by atoms with van der Waals surface area (Å²) in [6.07, 6.45) is 1.71. The van der Waals surface area contributed by atoms with Gasteiger partial charge in [-0.2, -0.15) is 0 Å². The molecule has 0 fully saturated rings. The molecule has 0 saturated heterocycles. The second-order valence-electron chi connectivity index (χ2n) is 9.91. The number of benzene rings is 2. The molecule has 1 aliphatic heterocycles. The van der Waals surface area contributed by atoms with E-state index in [0.29, 0.717) is 18.7 Å². The topological polar surface area (TPSA) is 108 Å². The number of carbonyl (C=O) groups excluding carboxylic acids is 1. The van der Waals surface area contributed by atoms with Gasteiger partial charge in [-0.25, -0.2) is 13.8 Å². The lowest BCUT2D eigenvalue weighted by molar-refractivity contribution is -0.119. The molecule has 4 rings (SSSR count). The number of anilines is 2. The molecule has 39 heavy (non-hydrogen) atoms. The van der Waals surface area contributed by atoms with Crippen molar-refractivity contribution in [1.29, 1.82) is 0 Å². The molecule has 0 spiro atoms. The van der Waals surface area contributed by atoms with Crippen LogP contribution in [0.3, 0.4) is 0 Å². The number of aromatic nitrogens is 2. The monoisotopic (exact) mass is 562 g/mol. The fraction of sp³-hybridized carbons (Fsp3) is 0.370. The summed E-state index contributed by atoms with van der Waals surface area (Å²) in [5.74, 6) is -1.90. The number of rotatable bonds is 10. The number of aliphatic hydroxyl groups is 2. The van der Waals surface area contributed by atoms with Gasteiger partial charge in [0.25, 0.3) is 5.56 Å². The first kappa shape index (κ1) is 28.5. The summed E-state index contributed by atoms with van der Waals surface area (Å²) in [5.41, 5.74) is 0.783. The molecule has 2 heterocycles. The van der Waals surface area contributed by atoms with Crippen LogP contribution in [0.5, 0.6) is 5.88 Å². The Labute approximate surface area is 228 Å². The summed E-state index contributed by atoms with van der Waals surface area (Å²) in [6.45, 7) is 3.75. The first-order valence-electron chi connectivity index (χ1n) is 12.3. The Kier molecular flexibility index (Phi) is 8.53. The summed E-state index contributed by atoms with van der Waals surface area (Å²) in [5, 5.41) is 19.1. The highest BCUT2D eigenvalue weighted by molar-refractivity contribution is 6.31. The quantitative estimate of drug-likeness (QED) is 0.390. The lowest BCUT2D eigenvalue weighted by atomic mass is 10.1. The second kappa shape index (κ2) is 11.7. The van der Waals surface area contributed by atoms with Gasteiger partial charge >= 0.3 is 0 Å². The van der Waals surface area contributed by atoms with Crippen LogP contribution in [0.2, 0.25) is 5.02 Å². The predicted octanol–water partition coefficient (Wildman–Crippen LogP) is 3.46. The van der Waals surface area contributed by atoms with Crippen LogP contribution >= 0.6 is 11.6 Å². The maximum absolute atomic E-state index is 13.9. The Morgan fingerprint density at radius 1 is 1.18 bits per heavy atom. The molecule has 0 bridgehead atoms. The van der Waals surface area contributed by atoms with E-state index in [1.54, 1.807) is 30.9 Å². The Bertz CT molecular complexity index is 1430. The number of halogens is 3. The Morgan fingerprint density at radius 2 is 1.95 bits per heavy atom. The summed E-state index contributed by atoms with van der Waals surface area (Å²) in [4.78, 5) is 33.2. The first-order valence-corrected chi connectivity index (χ1v) is 12.7. The van der Waals surface area contributed by atoms with E-state index in [1.165, 1.54) is 17.0 Å². The minimum atomic E-state index is -0.900. The van der Waals surface area contributed by atoms with Gasteiger partial charge in [0, 0.05) is 18.2 Å². The fourth-order valence-electron chi connectivity index (χ4n) is 4.16. The number of carbonyl (C=O) groups is 1. The van der Waals surface area contributed by atoms with Gasteiger partial charge in [-0.15, -0.1) is 0 Å². The maximum atomic E-state index is 13.9. The highest BCUT2D eigenvalue weighted by atomic mass is 35.5. The predicted molar refractivity (Wildman–Crippen MR) is 142 cm³/mol. The van der Waals surface area contributed by atoms with Crippen LogP contribution in [0.1, 0.15) is 37.8 Å². The van der Waals surface area contributed by atoms with Crippen molar-refractivity contribution in [1.82, 2.24) is 9.55 Å². The standard InChI is InChI=1S/C27H29ClF2N4O5/c1-27(2,38)8-9-32-16-34(23(36)7-10-35)21-6-3-17(11-22(21)32)13-33-15-31-25(24(28)26(33)37)39-14-18-4-5-19(29)12-20(18)30/h3-6,11-12,15,35,38H,7-10,13-14,16H2,1-2H3. The van der Waals surface area contributed by atoms with Crippen molar-refractivity contribution >= 4 is 28.9 Å². The van der Waals surface area contributed by atoms with E-state index >= 15 is 0 Å².